The van der Waals surface area contributed by atoms with Crippen molar-refractivity contribution in [3.8, 4) is 5.75 Å². The molecule has 4 aliphatic rings. The Morgan fingerprint density at radius 1 is 0.900 bits per heavy atom. The van der Waals surface area contributed by atoms with Gasteiger partial charge in [0.2, 0.25) is 0 Å². The molecular formula is C27H19NO2. The summed E-state index contributed by atoms with van der Waals surface area (Å²) in [5.41, 5.74) is 8.04. The SMILES string of the molecule is COc1ccc(C(=O)c2cccc3c2N=C2C=CC4=CC=CC5=CC=C3C2C45)cc1. The highest BCUT2D eigenvalue weighted by Crippen LogP contribution is 2.51. The van der Waals surface area contributed by atoms with E-state index in [9.17, 15) is 4.79 Å². The van der Waals surface area contributed by atoms with Gasteiger partial charge in [-0.05, 0) is 53.1 Å². The van der Waals surface area contributed by atoms with E-state index in [4.69, 9.17) is 9.73 Å². The predicted molar refractivity (Wildman–Crippen MR) is 119 cm³/mol. The van der Waals surface area contributed by atoms with Crippen LogP contribution in [0, 0.1) is 11.8 Å². The van der Waals surface area contributed by atoms with Crippen LogP contribution in [0.2, 0.25) is 0 Å². The largest absolute Gasteiger partial charge is 0.497 e. The highest BCUT2D eigenvalue weighted by molar-refractivity contribution is 6.18. The second kappa shape index (κ2) is 6.39. The van der Waals surface area contributed by atoms with Gasteiger partial charge in [-0.15, -0.1) is 0 Å². The molecule has 144 valence electrons. The zero-order chi connectivity index (χ0) is 20.2. The summed E-state index contributed by atoms with van der Waals surface area (Å²) < 4.78 is 5.22. The normalized spacial score (nSPS) is 22.2. The van der Waals surface area contributed by atoms with Crippen molar-refractivity contribution in [1.29, 1.82) is 0 Å². The maximum absolute atomic E-state index is 13.3. The van der Waals surface area contributed by atoms with Crippen LogP contribution in [-0.4, -0.2) is 18.6 Å². The third-order valence-electron chi connectivity index (χ3n) is 6.37. The Morgan fingerprint density at radius 3 is 2.57 bits per heavy atom. The number of carbonyl (C=O) groups is 1. The van der Waals surface area contributed by atoms with Crippen molar-refractivity contribution < 1.29 is 9.53 Å². The van der Waals surface area contributed by atoms with Gasteiger partial charge in [0.05, 0.1) is 12.8 Å². The van der Waals surface area contributed by atoms with Crippen molar-refractivity contribution in [2.45, 2.75) is 0 Å². The molecule has 0 N–H and O–H groups in total. The maximum Gasteiger partial charge on any atom is 0.195 e. The summed E-state index contributed by atoms with van der Waals surface area (Å²) in [6, 6.07) is 13.2. The quantitative estimate of drug-likeness (QED) is 0.638. The van der Waals surface area contributed by atoms with Crippen LogP contribution in [0.3, 0.4) is 0 Å². The lowest BCUT2D eigenvalue weighted by Gasteiger charge is -2.40. The molecule has 0 saturated carbocycles. The van der Waals surface area contributed by atoms with E-state index >= 15 is 0 Å². The number of hydrogen-bond acceptors (Lipinski definition) is 3. The first-order valence-corrected chi connectivity index (χ1v) is 10.1. The molecule has 1 heterocycles. The van der Waals surface area contributed by atoms with Crippen molar-refractivity contribution in [2.24, 2.45) is 16.8 Å². The summed E-state index contributed by atoms with van der Waals surface area (Å²) in [4.78, 5) is 18.4. The summed E-state index contributed by atoms with van der Waals surface area (Å²) in [6.45, 7) is 0. The van der Waals surface area contributed by atoms with Gasteiger partial charge >= 0.3 is 0 Å². The minimum absolute atomic E-state index is 0.0223. The zero-order valence-corrected chi connectivity index (χ0v) is 16.5. The number of ketones is 1. The maximum atomic E-state index is 13.3. The molecule has 3 aliphatic carbocycles. The van der Waals surface area contributed by atoms with Crippen LogP contribution < -0.4 is 4.74 Å². The van der Waals surface area contributed by atoms with Crippen LogP contribution in [0.5, 0.6) is 5.75 Å². The third-order valence-corrected chi connectivity index (χ3v) is 6.37. The number of ether oxygens (including phenoxy) is 1. The van der Waals surface area contributed by atoms with Gasteiger partial charge in [-0.3, -0.25) is 9.79 Å². The van der Waals surface area contributed by atoms with Gasteiger partial charge < -0.3 is 4.74 Å². The first kappa shape index (κ1) is 17.2. The molecular weight excluding hydrogens is 370 g/mol. The first-order chi connectivity index (χ1) is 14.7. The van der Waals surface area contributed by atoms with Crippen molar-refractivity contribution in [1.82, 2.24) is 0 Å². The number of fused-ring (bicyclic) bond motifs is 2. The third kappa shape index (κ3) is 2.38. The summed E-state index contributed by atoms with van der Waals surface area (Å²) in [6.07, 6.45) is 15.2. The number of rotatable bonds is 3. The Morgan fingerprint density at radius 2 is 1.73 bits per heavy atom. The van der Waals surface area contributed by atoms with Crippen LogP contribution in [0.4, 0.5) is 5.69 Å². The predicted octanol–water partition coefficient (Wildman–Crippen LogP) is 5.63. The molecule has 0 fully saturated rings. The minimum Gasteiger partial charge on any atom is -0.497 e. The molecule has 0 spiro atoms. The number of carbonyl (C=O) groups excluding carboxylic acids is 1. The molecule has 30 heavy (non-hydrogen) atoms. The van der Waals surface area contributed by atoms with E-state index in [1.165, 1.54) is 16.7 Å². The van der Waals surface area contributed by atoms with Crippen LogP contribution in [0.1, 0.15) is 21.5 Å². The Hall–Kier alpha value is -3.72. The molecule has 2 atom stereocenters. The number of nitrogens with zero attached hydrogens (tertiary/aromatic N) is 1. The fraction of sp³-hybridized carbons (Fsp3) is 0.111. The van der Waals surface area contributed by atoms with Gasteiger partial charge in [0.1, 0.15) is 5.75 Å². The lowest BCUT2D eigenvalue weighted by Crippen LogP contribution is -2.33. The van der Waals surface area contributed by atoms with E-state index in [2.05, 4.69) is 48.6 Å². The molecule has 2 aromatic rings. The summed E-state index contributed by atoms with van der Waals surface area (Å²) in [7, 11) is 1.62. The van der Waals surface area contributed by atoms with Gasteiger partial charge in [-0.1, -0.05) is 48.6 Å². The number of allylic oxidation sites excluding steroid dienone is 10. The highest BCUT2D eigenvalue weighted by atomic mass is 16.5. The molecule has 0 aromatic heterocycles. The van der Waals surface area contributed by atoms with Gasteiger partial charge in [0.25, 0.3) is 0 Å². The molecule has 2 aromatic carbocycles. The second-order valence-corrected chi connectivity index (χ2v) is 7.90. The average Bonchev–Trinajstić information content (AvgIpc) is 2.81. The van der Waals surface area contributed by atoms with E-state index < -0.39 is 0 Å². The molecule has 6 rings (SSSR count). The monoisotopic (exact) mass is 389 g/mol. The van der Waals surface area contributed by atoms with Gasteiger partial charge in [0, 0.05) is 34.2 Å². The summed E-state index contributed by atoms with van der Waals surface area (Å²) in [5.74, 6) is 1.24. The second-order valence-electron chi connectivity index (χ2n) is 7.90. The first-order valence-electron chi connectivity index (χ1n) is 10.1. The van der Waals surface area contributed by atoms with Gasteiger partial charge in [-0.25, -0.2) is 0 Å². The smallest absolute Gasteiger partial charge is 0.195 e. The summed E-state index contributed by atoms with van der Waals surface area (Å²) in [5, 5.41) is 0. The van der Waals surface area contributed by atoms with E-state index in [0.717, 1.165) is 22.7 Å². The topological polar surface area (TPSA) is 38.7 Å². The van der Waals surface area contributed by atoms with Crippen molar-refractivity contribution in [3.05, 3.63) is 113 Å². The average molecular weight is 389 g/mol. The highest BCUT2D eigenvalue weighted by Gasteiger charge is 2.41. The molecule has 1 aliphatic heterocycles. The Balaban J connectivity index is 1.52. The van der Waals surface area contributed by atoms with Gasteiger partial charge in [-0.2, -0.15) is 0 Å². The van der Waals surface area contributed by atoms with Crippen molar-refractivity contribution in [3.63, 3.8) is 0 Å². The van der Waals surface area contributed by atoms with Gasteiger partial charge in [0.15, 0.2) is 5.78 Å². The van der Waals surface area contributed by atoms with Crippen LogP contribution in [0.15, 0.2) is 101 Å². The number of hydrogen-bond donors (Lipinski definition) is 0. The molecule has 0 saturated heterocycles. The van der Waals surface area contributed by atoms with Crippen LogP contribution in [-0.2, 0) is 0 Å². The van der Waals surface area contributed by atoms with E-state index in [1.807, 2.05) is 24.3 Å². The van der Waals surface area contributed by atoms with Crippen LogP contribution >= 0.6 is 0 Å². The zero-order valence-electron chi connectivity index (χ0n) is 16.5. The van der Waals surface area contributed by atoms with Crippen LogP contribution in [0.25, 0.3) is 5.57 Å². The standard InChI is InChI=1S/C27H19NO2/c1-30-19-12-8-18(9-13-19)27(29)22-7-3-6-21-20-14-10-16-4-2-5-17-11-15-23(28-26(21)22)25(20)24(16)17/h2-15,24-25H,1H3. The van der Waals surface area contributed by atoms with E-state index in [0.29, 0.717) is 17.0 Å². The fourth-order valence-electron chi connectivity index (χ4n) is 4.93. The molecule has 3 heteroatoms. The van der Waals surface area contributed by atoms with Crippen molar-refractivity contribution >= 4 is 22.8 Å². The number of benzene rings is 2. The Kier molecular flexibility index (Phi) is 3.66. The van der Waals surface area contributed by atoms with Crippen molar-refractivity contribution in [2.75, 3.05) is 7.11 Å². The lowest BCUT2D eigenvalue weighted by atomic mass is 9.64. The summed E-state index contributed by atoms with van der Waals surface area (Å²) >= 11 is 0. The Bertz CT molecular complexity index is 1280. The number of aliphatic imine (C=N–C) groups is 1. The van der Waals surface area contributed by atoms with E-state index in [-0.39, 0.29) is 11.7 Å². The number of para-hydroxylation sites is 1. The van der Waals surface area contributed by atoms with E-state index in [1.54, 1.807) is 19.2 Å². The molecule has 2 unspecified atom stereocenters. The minimum atomic E-state index is -0.0223. The molecule has 0 radical (unpaired) electrons. The number of methoxy groups -OCH3 is 1. The lowest BCUT2D eigenvalue weighted by molar-refractivity contribution is 0.103. The molecule has 3 nitrogen and oxygen atoms in total. The Labute approximate surface area is 175 Å². The molecule has 0 amide bonds. The molecule has 0 bridgehead atoms. The fourth-order valence-corrected chi connectivity index (χ4v) is 4.93.